The van der Waals surface area contributed by atoms with E-state index in [-0.39, 0.29) is 22.3 Å². The maximum Gasteiger partial charge on any atom is 0.193 e. The molecule has 0 heterocycles. The van der Waals surface area contributed by atoms with E-state index in [1.54, 1.807) is 0 Å². The van der Waals surface area contributed by atoms with Gasteiger partial charge in [0.05, 0.1) is 12.2 Å². The highest BCUT2D eigenvalue weighted by molar-refractivity contribution is 6.74. The van der Waals surface area contributed by atoms with Crippen LogP contribution in [-0.4, -0.2) is 35.1 Å². The normalized spacial score (nSPS) is 16.7. The SMILES string of the molecule is C=C[C@@H](O[Si](C)(C)C(C)(C)C)[C@H](C/C=C/C=O)O[Si](C)(C)C(C)(C)C. The van der Waals surface area contributed by atoms with Gasteiger partial charge in [0.25, 0.3) is 0 Å². The van der Waals surface area contributed by atoms with Crippen LogP contribution < -0.4 is 0 Å². The molecule has 0 aliphatic heterocycles. The summed E-state index contributed by atoms with van der Waals surface area (Å²) < 4.78 is 13.3. The lowest BCUT2D eigenvalue weighted by atomic mass is 10.1. The number of rotatable bonds is 9. The highest BCUT2D eigenvalue weighted by atomic mass is 28.4. The van der Waals surface area contributed by atoms with Gasteiger partial charge < -0.3 is 8.85 Å². The van der Waals surface area contributed by atoms with Gasteiger partial charge in [0, 0.05) is 0 Å². The summed E-state index contributed by atoms with van der Waals surface area (Å²) in [5.41, 5.74) is 0. The third-order valence-corrected chi connectivity index (χ3v) is 14.6. The quantitative estimate of drug-likeness (QED) is 0.208. The van der Waals surface area contributed by atoms with Gasteiger partial charge >= 0.3 is 0 Å². The Labute approximate surface area is 158 Å². The molecule has 0 aromatic carbocycles. The molecule has 25 heavy (non-hydrogen) atoms. The first-order valence-electron chi connectivity index (χ1n) is 9.17. The Kier molecular flexibility index (Phi) is 8.76. The fourth-order valence-corrected chi connectivity index (χ4v) is 4.49. The number of carbonyl (C=O) groups excluding carboxylic acids is 1. The van der Waals surface area contributed by atoms with Crippen molar-refractivity contribution >= 4 is 22.9 Å². The largest absolute Gasteiger partial charge is 0.411 e. The Morgan fingerprint density at radius 1 is 0.920 bits per heavy atom. The van der Waals surface area contributed by atoms with Gasteiger partial charge in [-0.1, -0.05) is 53.7 Å². The maximum absolute atomic E-state index is 10.7. The summed E-state index contributed by atoms with van der Waals surface area (Å²) in [6.45, 7) is 26.4. The summed E-state index contributed by atoms with van der Waals surface area (Å²) in [6.07, 6.45) is 6.44. The molecule has 0 unspecified atom stereocenters. The summed E-state index contributed by atoms with van der Waals surface area (Å²) >= 11 is 0. The smallest absolute Gasteiger partial charge is 0.193 e. The molecule has 0 rings (SSSR count). The predicted molar refractivity (Wildman–Crippen MR) is 114 cm³/mol. The minimum Gasteiger partial charge on any atom is -0.411 e. The van der Waals surface area contributed by atoms with Crippen LogP contribution in [-0.2, 0) is 13.6 Å². The monoisotopic (exact) mass is 384 g/mol. The molecule has 0 bridgehead atoms. The lowest BCUT2D eigenvalue weighted by molar-refractivity contribution is -0.104. The van der Waals surface area contributed by atoms with Crippen LogP contribution in [0.3, 0.4) is 0 Å². The Hall–Kier alpha value is -0.496. The van der Waals surface area contributed by atoms with Gasteiger partial charge in [-0.25, -0.2) is 0 Å². The van der Waals surface area contributed by atoms with Crippen LogP contribution in [0.25, 0.3) is 0 Å². The lowest BCUT2D eigenvalue weighted by Crippen LogP contribution is -2.51. The zero-order valence-electron chi connectivity index (χ0n) is 18.1. The standard InChI is InChI=1S/C20H40O3Si2/c1-12-17(22-24(8,9)19(2,3)4)18(15-13-14-16-21)23-25(10,11)20(5,6)7/h12-14,16-18H,1,15H2,2-11H3/b14-13+/t17-,18+/m1/s1. The molecular weight excluding hydrogens is 344 g/mol. The summed E-state index contributed by atoms with van der Waals surface area (Å²) in [4.78, 5) is 10.7. The lowest BCUT2D eigenvalue weighted by Gasteiger charge is -2.44. The second-order valence-electron chi connectivity index (χ2n) is 9.80. The Morgan fingerprint density at radius 3 is 1.72 bits per heavy atom. The molecule has 0 radical (unpaired) electrons. The van der Waals surface area contributed by atoms with Crippen molar-refractivity contribution in [2.75, 3.05) is 0 Å². The second-order valence-corrected chi connectivity index (χ2v) is 19.3. The average molecular weight is 385 g/mol. The Morgan fingerprint density at radius 2 is 1.36 bits per heavy atom. The third-order valence-electron chi connectivity index (χ3n) is 5.67. The first kappa shape index (κ1) is 24.5. The molecule has 2 atom stereocenters. The summed E-state index contributed by atoms with van der Waals surface area (Å²) in [7, 11) is -3.91. The molecule has 0 aliphatic rings. The molecular formula is C20H40O3Si2. The molecule has 146 valence electrons. The van der Waals surface area contributed by atoms with Crippen LogP contribution in [0, 0.1) is 0 Å². The molecule has 0 N–H and O–H groups in total. The highest BCUT2D eigenvalue weighted by Crippen LogP contribution is 2.41. The number of aldehydes is 1. The van der Waals surface area contributed by atoms with Gasteiger partial charge in [-0.3, -0.25) is 4.79 Å². The van der Waals surface area contributed by atoms with Crippen LogP contribution in [0.15, 0.2) is 24.8 Å². The second kappa shape index (κ2) is 8.93. The fraction of sp³-hybridized carbons (Fsp3) is 0.750. The zero-order valence-corrected chi connectivity index (χ0v) is 20.1. The van der Waals surface area contributed by atoms with Crippen molar-refractivity contribution in [1.29, 1.82) is 0 Å². The molecule has 0 aromatic heterocycles. The van der Waals surface area contributed by atoms with Gasteiger partial charge in [0.1, 0.15) is 6.29 Å². The number of hydrogen-bond donors (Lipinski definition) is 0. The van der Waals surface area contributed by atoms with E-state index in [0.717, 1.165) is 6.29 Å². The minimum atomic E-state index is -1.96. The molecule has 0 spiro atoms. The van der Waals surface area contributed by atoms with Crippen LogP contribution >= 0.6 is 0 Å². The van der Waals surface area contributed by atoms with Crippen LogP contribution in [0.4, 0.5) is 0 Å². The molecule has 3 nitrogen and oxygen atoms in total. The van der Waals surface area contributed by atoms with Crippen molar-refractivity contribution in [1.82, 2.24) is 0 Å². The van der Waals surface area contributed by atoms with Crippen LogP contribution in [0.1, 0.15) is 48.0 Å². The van der Waals surface area contributed by atoms with E-state index in [4.69, 9.17) is 8.85 Å². The van der Waals surface area contributed by atoms with Crippen molar-refractivity contribution in [2.24, 2.45) is 0 Å². The Bertz CT molecular complexity index is 468. The van der Waals surface area contributed by atoms with Gasteiger partial charge in [-0.05, 0) is 48.8 Å². The summed E-state index contributed by atoms with van der Waals surface area (Å²) in [5, 5.41) is 0.233. The van der Waals surface area contributed by atoms with Crippen molar-refractivity contribution in [3.8, 4) is 0 Å². The molecule has 0 aromatic rings. The Balaban J connectivity index is 5.59. The predicted octanol–water partition coefficient (Wildman–Crippen LogP) is 6.10. The molecule has 0 saturated carbocycles. The van der Waals surface area contributed by atoms with Crippen molar-refractivity contribution in [2.45, 2.75) is 96.4 Å². The average Bonchev–Trinajstić information content (AvgIpc) is 2.41. The summed E-state index contributed by atoms with van der Waals surface area (Å²) in [6, 6.07) is 0. The first-order chi connectivity index (χ1) is 11.1. The minimum absolute atomic E-state index is 0.113. The van der Waals surface area contributed by atoms with Gasteiger partial charge in [-0.2, -0.15) is 0 Å². The molecule has 5 heteroatoms. The van der Waals surface area contributed by atoms with Crippen LogP contribution in [0.2, 0.25) is 36.3 Å². The van der Waals surface area contributed by atoms with Gasteiger partial charge in [-0.15, -0.1) is 6.58 Å². The van der Waals surface area contributed by atoms with E-state index in [1.165, 1.54) is 6.08 Å². The van der Waals surface area contributed by atoms with E-state index in [9.17, 15) is 4.79 Å². The number of hydrogen-bond acceptors (Lipinski definition) is 3. The first-order valence-corrected chi connectivity index (χ1v) is 15.0. The van der Waals surface area contributed by atoms with E-state index in [2.05, 4.69) is 74.3 Å². The van der Waals surface area contributed by atoms with Crippen molar-refractivity contribution < 1.29 is 13.6 Å². The van der Waals surface area contributed by atoms with E-state index >= 15 is 0 Å². The molecule has 0 fully saturated rings. The van der Waals surface area contributed by atoms with E-state index < -0.39 is 16.6 Å². The van der Waals surface area contributed by atoms with Gasteiger partial charge in [0.2, 0.25) is 0 Å². The number of carbonyl (C=O) groups is 1. The van der Waals surface area contributed by atoms with Crippen molar-refractivity contribution in [3.05, 3.63) is 24.8 Å². The van der Waals surface area contributed by atoms with Crippen LogP contribution in [0.5, 0.6) is 0 Å². The molecule has 0 amide bonds. The molecule has 0 aliphatic carbocycles. The van der Waals surface area contributed by atoms with E-state index in [1.807, 2.05) is 12.2 Å². The fourth-order valence-electron chi connectivity index (χ4n) is 1.87. The zero-order chi connectivity index (χ0) is 20.1. The maximum atomic E-state index is 10.7. The third kappa shape index (κ3) is 7.33. The van der Waals surface area contributed by atoms with E-state index in [0.29, 0.717) is 6.42 Å². The number of allylic oxidation sites excluding steroid dienone is 1. The highest BCUT2D eigenvalue weighted by Gasteiger charge is 2.43. The summed E-state index contributed by atoms with van der Waals surface area (Å²) in [5.74, 6) is 0. The van der Waals surface area contributed by atoms with Gasteiger partial charge in [0.15, 0.2) is 16.6 Å². The topological polar surface area (TPSA) is 35.5 Å². The molecule has 0 saturated heterocycles. The van der Waals surface area contributed by atoms with Crippen molar-refractivity contribution in [3.63, 3.8) is 0 Å².